The molecule has 104 valence electrons. The molecule has 8 heteroatoms. The molecule has 1 rings (SSSR count). The lowest BCUT2D eigenvalue weighted by Gasteiger charge is -2.07. The van der Waals surface area contributed by atoms with Crippen molar-refractivity contribution >= 4 is 23.4 Å². The Morgan fingerprint density at radius 2 is 2.47 bits per heavy atom. The Kier molecular flexibility index (Phi) is 7.06. The minimum absolute atomic E-state index is 0.390. The van der Waals surface area contributed by atoms with Gasteiger partial charge >= 0.3 is 0 Å². The molecule has 0 fully saturated rings. The van der Waals surface area contributed by atoms with Crippen LogP contribution in [0.15, 0.2) is 30.4 Å². The van der Waals surface area contributed by atoms with Crippen LogP contribution in [-0.4, -0.2) is 29.3 Å². The summed E-state index contributed by atoms with van der Waals surface area (Å²) in [5, 5.41) is 16.6. The highest BCUT2D eigenvalue weighted by atomic mass is 35.5. The van der Waals surface area contributed by atoms with Crippen molar-refractivity contribution in [3.05, 3.63) is 51.2 Å². The van der Waals surface area contributed by atoms with E-state index in [4.69, 9.17) is 11.6 Å². The van der Waals surface area contributed by atoms with E-state index in [2.05, 4.69) is 15.6 Å². The molecular formula is C11H15ClN4O2S. The Hall–Kier alpha value is -1.47. The topological polar surface area (TPSA) is 80.1 Å². The smallest absolute Gasteiger partial charge is 0.274 e. The minimum atomic E-state index is -0.500. The van der Waals surface area contributed by atoms with Gasteiger partial charge in [0.05, 0.1) is 15.6 Å². The quantitative estimate of drug-likeness (QED) is 0.433. The normalized spacial score (nSPS) is 11.2. The van der Waals surface area contributed by atoms with Crippen LogP contribution in [-0.2, 0) is 5.75 Å². The van der Waals surface area contributed by atoms with E-state index in [0.717, 1.165) is 23.4 Å². The van der Waals surface area contributed by atoms with E-state index < -0.39 is 4.92 Å². The Bertz CT molecular complexity index is 456. The number of halogens is 1. The molecule has 6 nitrogen and oxygen atoms in total. The SMILES string of the molecule is CN/C(=C/[N+](=O)[O-])NCCSCc1ncccc1Cl. The van der Waals surface area contributed by atoms with Crippen molar-refractivity contribution in [2.75, 3.05) is 19.3 Å². The van der Waals surface area contributed by atoms with E-state index in [1.54, 1.807) is 31.1 Å². The first-order valence-electron chi connectivity index (χ1n) is 5.57. The van der Waals surface area contributed by atoms with Gasteiger partial charge < -0.3 is 10.6 Å². The van der Waals surface area contributed by atoms with E-state index in [1.807, 2.05) is 6.07 Å². The summed E-state index contributed by atoms with van der Waals surface area (Å²) in [5.74, 6) is 1.90. The van der Waals surface area contributed by atoms with Crippen LogP contribution in [0.3, 0.4) is 0 Å². The van der Waals surface area contributed by atoms with Gasteiger partial charge in [0.25, 0.3) is 6.20 Å². The van der Waals surface area contributed by atoms with Gasteiger partial charge in [-0.15, -0.1) is 0 Å². The van der Waals surface area contributed by atoms with Gasteiger partial charge in [0, 0.05) is 31.3 Å². The second-order valence-corrected chi connectivity index (χ2v) is 5.00. The predicted octanol–water partition coefficient (Wildman–Crippen LogP) is 1.85. The van der Waals surface area contributed by atoms with Gasteiger partial charge in [-0.05, 0) is 12.1 Å². The van der Waals surface area contributed by atoms with Crippen molar-refractivity contribution in [3.8, 4) is 0 Å². The third-order valence-corrected chi connectivity index (χ3v) is 3.45. The third-order valence-electron chi connectivity index (χ3n) is 2.14. The number of nitro groups is 1. The molecular weight excluding hydrogens is 288 g/mol. The van der Waals surface area contributed by atoms with Crippen molar-refractivity contribution in [2.45, 2.75) is 5.75 Å². The van der Waals surface area contributed by atoms with Gasteiger partial charge in [0.15, 0.2) is 5.82 Å². The second-order valence-electron chi connectivity index (χ2n) is 3.49. The molecule has 0 radical (unpaired) electrons. The van der Waals surface area contributed by atoms with E-state index in [9.17, 15) is 10.1 Å². The van der Waals surface area contributed by atoms with Crippen molar-refractivity contribution < 1.29 is 4.92 Å². The molecule has 0 atom stereocenters. The van der Waals surface area contributed by atoms with Crippen LogP contribution in [0.4, 0.5) is 0 Å². The highest BCUT2D eigenvalue weighted by Gasteiger charge is 2.02. The van der Waals surface area contributed by atoms with Crippen molar-refractivity contribution in [1.82, 2.24) is 15.6 Å². The summed E-state index contributed by atoms with van der Waals surface area (Å²) in [6.45, 7) is 0.621. The number of nitrogens with one attached hydrogen (secondary N) is 2. The number of rotatable bonds is 8. The van der Waals surface area contributed by atoms with E-state index >= 15 is 0 Å². The lowest BCUT2D eigenvalue weighted by molar-refractivity contribution is -0.404. The average molecular weight is 303 g/mol. The van der Waals surface area contributed by atoms with E-state index in [0.29, 0.717) is 17.4 Å². The third kappa shape index (κ3) is 6.30. The van der Waals surface area contributed by atoms with Crippen molar-refractivity contribution in [1.29, 1.82) is 0 Å². The molecule has 2 N–H and O–H groups in total. The van der Waals surface area contributed by atoms with E-state index in [1.165, 1.54) is 0 Å². The Morgan fingerprint density at radius 1 is 1.68 bits per heavy atom. The fraction of sp³-hybridized carbons (Fsp3) is 0.364. The largest absolute Gasteiger partial charge is 0.370 e. The zero-order chi connectivity index (χ0) is 14.1. The molecule has 19 heavy (non-hydrogen) atoms. The van der Waals surface area contributed by atoms with Gasteiger partial charge in [-0.2, -0.15) is 11.8 Å². The van der Waals surface area contributed by atoms with Gasteiger partial charge in [-0.3, -0.25) is 15.1 Å². The maximum atomic E-state index is 10.3. The lowest BCUT2D eigenvalue weighted by Crippen LogP contribution is -2.26. The fourth-order valence-electron chi connectivity index (χ4n) is 1.26. The zero-order valence-corrected chi connectivity index (χ0v) is 12.0. The van der Waals surface area contributed by atoms with Crippen molar-refractivity contribution in [3.63, 3.8) is 0 Å². The number of hydrogen-bond donors (Lipinski definition) is 2. The van der Waals surface area contributed by atoms with Crippen LogP contribution >= 0.6 is 23.4 Å². The standard InChI is InChI=1S/C11H15ClN4O2S/c1-13-11(7-16(17)18)15-5-6-19-8-10-9(12)3-2-4-14-10/h2-4,7,13,15H,5-6,8H2,1H3/b11-7-. The van der Waals surface area contributed by atoms with Gasteiger partial charge in [0.1, 0.15) is 0 Å². The molecule has 0 aliphatic heterocycles. The first-order valence-corrected chi connectivity index (χ1v) is 7.11. The summed E-state index contributed by atoms with van der Waals surface area (Å²) in [4.78, 5) is 14.0. The number of pyridine rings is 1. The van der Waals surface area contributed by atoms with Gasteiger partial charge in [0.2, 0.25) is 0 Å². The Morgan fingerprint density at radius 3 is 3.11 bits per heavy atom. The molecule has 0 amide bonds. The molecule has 0 saturated heterocycles. The predicted molar refractivity (Wildman–Crippen MR) is 77.5 cm³/mol. The highest BCUT2D eigenvalue weighted by molar-refractivity contribution is 7.98. The fourth-order valence-corrected chi connectivity index (χ4v) is 2.34. The first kappa shape index (κ1) is 15.6. The summed E-state index contributed by atoms with van der Waals surface area (Å²) >= 11 is 7.64. The van der Waals surface area contributed by atoms with Crippen LogP contribution < -0.4 is 10.6 Å². The van der Waals surface area contributed by atoms with Crippen molar-refractivity contribution in [2.24, 2.45) is 0 Å². The maximum Gasteiger partial charge on any atom is 0.274 e. The molecule has 1 aromatic heterocycles. The maximum absolute atomic E-state index is 10.3. The number of hydrogen-bond acceptors (Lipinski definition) is 6. The second kappa shape index (κ2) is 8.60. The summed E-state index contributed by atoms with van der Waals surface area (Å²) in [6.07, 6.45) is 2.61. The molecule has 0 unspecified atom stereocenters. The van der Waals surface area contributed by atoms with Crippen LogP contribution in [0.25, 0.3) is 0 Å². The number of aromatic nitrogens is 1. The van der Waals surface area contributed by atoms with Gasteiger partial charge in [-0.1, -0.05) is 11.6 Å². The molecule has 0 aliphatic carbocycles. The molecule has 0 aliphatic rings. The number of thioether (sulfide) groups is 1. The van der Waals surface area contributed by atoms with Crippen LogP contribution in [0.1, 0.15) is 5.69 Å². The summed E-state index contributed by atoms with van der Waals surface area (Å²) < 4.78 is 0. The Balaban J connectivity index is 2.25. The molecule has 0 aromatic carbocycles. The van der Waals surface area contributed by atoms with Gasteiger partial charge in [-0.25, -0.2) is 0 Å². The van der Waals surface area contributed by atoms with E-state index in [-0.39, 0.29) is 0 Å². The number of nitrogens with zero attached hydrogens (tertiary/aromatic N) is 2. The Labute approximate surface area is 120 Å². The first-order chi connectivity index (χ1) is 9.13. The summed E-state index contributed by atoms with van der Waals surface area (Å²) in [6, 6.07) is 3.60. The van der Waals surface area contributed by atoms with Crippen LogP contribution in [0, 0.1) is 10.1 Å². The highest BCUT2D eigenvalue weighted by Crippen LogP contribution is 2.17. The molecule has 1 aromatic rings. The molecule has 0 saturated carbocycles. The lowest BCUT2D eigenvalue weighted by atomic mass is 10.4. The molecule has 1 heterocycles. The minimum Gasteiger partial charge on any atom is -0.370 e. The molecule has 0 spiro atoms. The molecule has 0 bridgehead atoms. The summed E-state index contributed by atoms with van der Waals surface area (Å²) in [7, 11) is 1.63. The monoisotopic (exact) mass is 302 g/mol. The van der Waals surface area contributed by atoms with Crippen LogP contribution in [0.2, 0.25) is 5.02 Å². The zero-order valence-electron chi connectivity index (χ0n) is 10.4. The summed E-state index contributed by atoms with van der Waals surface area (Å²) in [5.41, 5.74) is 0.851. The van der Waals surface area contributed by atoms with Crippen LogP contribution in [0.5, 0.6) is 0 Å². The average Bonchev–Trinajstić information content (AvgIpc) is 2.38.